The van der Waals surface area contributed by atoms with Crippen molar-refractivity contribution in [2.45, 2.75) is 20.4 Å². The summed E-state index contributed by atoms with van der Waals surface area (Å²) in [5.41, 5.74) is 0.790. The predicted molar refractivity (Wildman–Crippen MR) is 68.0 cm³/mol. The Morgan fingerprint density at radius 1 is 1.47 bits per heavy atom. The van der Waals surface area contributed by atoms with E-state index in [9.17, 15) is 9.59 Å². The molecule has 0 radical (unpaired) electrons. The van der Waals surface area contributed by atoms with Gasteiger partial charge in [0.15, 0.2) is 10.6 Å². The van der Waals surface area contributed by atoms with E-state index < -0.39 is 11.9 Å². The third kappa shape index (κ3) is 2.82. The molecule has 0 aliphatic rings. The van der Waals surface area contributed by atoms with Gasteiger partial charge in [-0.2, -0.15) is 4.99 Å². The van der Waals surface area contributed by atoms with Crippen molar-refractivity contribution in [3.8, 4) is 0 Å². The largest absolute Gasteiger partial charge is 0.480 e. The molecule has 0 saturated heterocycles. The summed E-state index contributed by atoms with van der Waals surface area (Å²) in [5.74, 6) is -1.37. The highest BCUT2D eigenvalue weighted by molar-refractivity contribution is 7.09. The lowest BCUT2D eigenvalue weighted by Gasteiger charge is -2.01. The van der Waals surface area contributed by atoms with Crippen LogP contribution in [0.5, 0.6) is 0 Å². The number of aryl methyl sites for hydroxylation is 1. The number of aromatic nitrogens is 1. The van der Waals surface area contributed by atoms with E-state index in [1.807, 2.05) is 6.92 Å². The Hall–Kier alpha value is -2.15. The van der Waals surface area contributed by atoms with Crippen molar-refractivity contribution in [2.75, 3.05) is 0 Å². The van der Waals surface area contributed by atoms with Gasteiger partial charge in [-0.3, -0.25) is 9.59 Å². The van der Waals surface area contributed by atoms with Crippen LogP contribution in [0.15, 0.2) is 27.8 Å². The van der Waals surface area contributed by atoms with Crippen molar-refractivity contribution >= 4 is 23.2 Å². The van der Waals surface area contributed by atoms with Gasteiger partial charge in [-0.15, -0.1) is 11.3 Å². The van der Waals surface area contributed by atoms with Gasteiger partial charge in [-0.25, -0.2) is 0 Å². The van der Waals surface area contributed by atoms with Gasteiger partial charge < -0.3 is 14.1 Å². The Labute approximate surface area is 112 Å². The molecule has 7 heteroatoms. The predicted octanol–water partition coefficient (Wildman–Crippen LogP) is 1.59. The zero-order valence-corrected chi connectivity index (χ0v) is 11.2. The molecule has 0 unspecified atom stereocenters. The van der Waals surface area contributed by atoms with Crippen molar-refractivity contribution in [1.29, 1.82) is 0 Å². The Morgan fingerprint density at radius 3 is 2.79 bits per heavy atom. The lowest BCUT2D eigenvalue weighted by atomic mass is 10.4. The molecule has 2 rings (SSSR count). The minimum absolute atomic E-state index is 0.130. The quantitative estimate of drug-likeness (QED) is 0.925. The van der Waals surface area contributed by atoms with Crippen LogP contribution in [0.1, 0.15) is 21.1 Å². The van der Waals surface area contributed by atoms with Crippen LogP contribution < -0.4 is 4.80 Å². The number of hydrogen-bond donors (Lipinski definition) is 1. The lowest BCUT2D eigenvalue weighted by molar-refractivity contribution is -0.137. The number of nitrogens with zero attached hydrogens (tertiary/aromatic N) is 2. The molecular formula is C12H12N2O4S. The number of hydrogen-bond acceptors (Lipinski definition) is 4. The van der Waals surface area contributed by atoms with E-state index in [0.29, 0.717) is 4.80 Å². The van der Waals surface area contributed by atoms with Crippen LogP contribution in [0.2, 0.25) is 0 Å². The number of carboxylic acid groups (broad SMARTS) is 1. The van der Waals surface area contributed by atoms with Crippen LogP contribution in [-0.2, 0) is 11.3 Å². The Kier molecular flexibility index (Phi) is 3.66. The molecule has 0 aliphatic heterocycles. The minimum Gasteiger partial charge on any atom is -0.480 e. The molecule has 0 atom stereocenters. The molecular weight excluding hydrogens is 268 g/mol. The number of carboxylic acids is 1. The topological polar surface area (TPSA) is 84.8 Å². The molecule has 0 fully saturated rings. The second-order valence-corrected chi connectivity index (χ2v) is 5.08. The number of furan rings is 1. The number of carbonyl (C=O) groups is 2. The molecule has 0 bridgehead atoms. The van der Waals surface area contributed by atoms with Gasteiger partial charge in [0.2, 0.25) is 0 Å². The zero-order chi connectivity index (χ0) is 14.0. The Morgan fingerprint density at radius 2 is 2.21 bits per heavy atom. The molecule has 0 aliphatic carbocycles. The van der Waals surface area contributed by atoms with Crippen molar-refractivity contribution < 1.29 is 19.1 Å². The van der Waals surface area contributed by atoms with E-state index >= 15 is 0 Å². The van der Waals surface area contributed by atoms with Gasteiger partial charge in [0.05, 0.1) is 6.26 Å². The zero-order valence-electron chi connectivity index (χ0n) is 10.4. The molecule has 0 aromatic carbocycles. The van der Waals surface area contributed by atoms with E-state index in [4.69, 9.17) is 9.52 Å². The second-order valence-electron chi connectivity index (χ2n) is 3.90. The van der Waals surface area contributed by atoms with Gasteiger partial charge in [0, 0.05) is 10.6 Å². The number of carbonyl (C=O) groups excluding carboxylic acids is 1. The first-order chi connectivity index (χ1) is 8.99. The molecule has 2 heterocycles. The summed E-state index contributed by atoms with van der Waals surface area (Å²) >= 11 is 1.28. The van der Waals surface area contributed by atoms with Crippen LogP contribution in [0, 0.1) is 13.8 Å². The third-order valence-corrected chi connectivity index (χ3v) is 3.71. The number of rotatable bonds is 3. The summed E-state index contributed by atoms with van der Waals surface area (Å²) in [6.45, 7) is 3.43. The fourth-order valence-corrected chi connectivity index (χ4v) is 2.52. The molecule has 100 valence electrons. The fraction of sp³-hybridized carbons (Fsp3) is 0.250. The van der Waals surface area contributed by atoms with E-state index in [1.54, 1.807) is 13.0 Å². The van der Waals surface area contributed by atoms with Crippen molar-refractivity contribution in [1.82, 2.24) is 4.57 Å². The number of amides is 1. The van der Waals surface area contributed by atoms with Crippen LogP contribution >= 0.6 is 11.3 Å². The first-order valence-electron chi connectivity index (χ1n) is 5.50. The lowest BCUT2D eigenvalue weighted by Crippen LogP contribution is -2.22. The first-order valence-corrected chi connectivity index (χ1v) is 6.32. The first kappa shape index (κ1) is 13.3. The summed E-state index contributed by atoms with van der Waals surface area (Å²) in [6.07, 6.45) is 1.39. The van der Waals surface area contributed by atoms with E-state index in [-0.39, 0.29) is 12.3 Å². The summed E-state index contributed by atoms with van der Waals surface area (Å²) in [6, 6.07) is 3.11. The molecule has 0 spiro atoms. The Bertz CT molecular complexity index is 679. The maximum absolute atomic E-state index is 11.8. The van der Waals surface area contributed by atoms with Crippen LogP contribution in [0.25, 0.3) is 0 Å². The van der Waals surface area contributed by atoms with Gasteiger partial charge in [0.25, 0.3) is 0 Å². The van der Waals surface area contributed by atoms with Gasteiger partial charge in [-0.05, 0) is 26.0 Å². The van der Waals surface area contributed by atoms with Crippen molar-refractivity contribution in [2.24, 2.45) is 4.99 Å². The van der Waals surface area contributed by atoms with Gasteiger partial charge in [0.1, 0.15) is 6.54 Å². The van der Waals surface area contributed by atoms with Crippen LogP contribution in [0.3, 0.4) is 0 Å². The highest BCUT2D eigenvalue weighted by atomic mass is 32.1. The van der Waals surface area contributed by atoms with Gasteiger partial charge in [-0.1, -0.05) is 0 Å². The van der Waals surface area contributed by atoms with Gasteiger partial charge >= 0.3 is 11.9 Å². The monoisotopic (exact) mass is 280 g/mol. The van der Waals surface area contributed by atoms with E-state index in [2.05, 4.69) is 4.99 Å². The standard InChI is InChI=1S/C12H12N2O4S/c1-7-8(2)19-12(14(7)6-10(15)16)13-11(17)9-4-3-5-18-9/h3-5H,6H2,1-2H3,(H,15,16). The summed E-state index contributed by atoms with van der Waals surface area (Å²) in [4.78, 5) is 27.9. The maximum atomic E-state index is 11.8. The number of thiazole rings is 1. The second kappa shape index (κ2) is 5.23. The molecule has 1 amide bonds. The van der Waals surface area contributed by atoms with E-state index in [0.717, 1.165) is 10.6 Å². The Balaban J connectivity index is 2.47. The normalized spacial score (nSPS) is 11.8. The van der Waals surface area contributed by atoms with Crippen molar-refractivity contribution in [3.63, 3.8) is 0 Å². The molecule has 19 heavy (non-hydrogen) atoms. The highest BCUT2D eigenvalue weighted by Crippen LogP contribution is 2.10. The molecule has 0 saturated carbocycles. The minimum atomic E-state index is -0.979. The summed E-state index contributed by atoms with van der Waals surface area (Å²) < 4.78 is 6.46. The van der Waals surface area contributed by atoms with Crippen molar-refractivity contribution in [3.05, 3.63) is 39.5 Å². The highest BCUT2D eigenvalue weighted by Gasteiger charge is 2.12. The van der Waals surface area contributed by atoms with Crippen LogP contribution in [0.4, 0.5) is 0 Å². The number of aliphatic carboxylic acids is 1. The van der Waals surface area contributed by atoms with Crippen LogP contribution in [-0.4, -0.2) is 21.6 Å². The molecule has 2 aromatic rings. The summed E-state index contributed by atoms with van der Waals surface area (Å²) in [5, 5.41) is 8.88. The molecule has 2 aromatic heterocycles. The molecule has 1 N–H and O–H groups in total. The molecule has 6 nitrogen and oxygen atoms in total. The average Bonchev–Trinajstić information content (AvgIpc) is 2.94. The third-order valence-electron chi connectivity index (χ3n) is 2.61. The maximum Gasteiger partial charge on any atom is 0.323 e. The smallest absolute Gasteiger partial charge is 0.323 e. The van der Waals surface area contributed by atoms with E-state index in [1.165, 1.54) is 28.2 Å². The summed E-state index contributed by atoms with van der Waals surface area (Å²) in [7, 11) is 0. The average molecular weight is 280 g/mol. The SMILES string of the molecule is Cc1sc(=NC(=O)c2ccco2)n(CC(=O)O)c1C. The fourth-order valence-electron chi connectivity index (χ4n) is 1.55.